The minimum absolute atomic E-state index is 0.0376. The first-order valence-electron chi connectivity index (χ1n) is 5.76. The number of ether oxygens (including phenoxy) is 2. The van der Waals surface area contributed by atoms with Gasteiger partial charge in [-0.1, -0.05) is 20.8 Å². The van der Waals surface area contributed by atoms with E-state index in [9.17, 15) is 9.59 Å². The number of hydrogen-bond acceptors (Lipinski definition) is 4. The Kier molecular flexibility index (Phi) is 6.16. The molecule has 5 heteroatoms. The number of carbonyl (C=O) groups excluding carboxylic acids is 2. The lowest BCUT2D eigenvalue weighted by Crippen LogP contribution is -2.53. The van der Waals surface area contributed by atoms with Gasteiger partial charge in [0, 0.05) is 7.11 Å². The van der Waals surface area contributed by atoms with E-state index in [1.807, 2.05) is 20.8 Å². The third-order valence-corrected chi connectivity index (χ3v) is 3.01. The van der Waals surface area contributed by atoms with Gasteiger partial charge in [0.15, 0.2) is 0 Å². The van der Waals surface area contributed by atoms with Gasteiger partial charge in [0.2, 0.25) is 0 Å². The minimum atomic E-state index is -0.916. The summed E-state index contributed by atoms with van der Waals surface area (Å²) in [4.78, 5) is 23.5. The van der Waals surface area contributed by atoms with Crippen molar-refractivity contribution < 1.29 is 19.1 Å². The van der Waals surface area contributed by atoms with Crippen LogP contribution < -0.4 is 5.32 Å². The summed E-state index contributed by atoms with van der Waals surface area (Å²) in [5, 5.41) is 2.67. The highest BCUT2D eigenvalue weighted by Crippen LogP contribution is 2.15. The Morgan fingerprint density at radius 1 is 1.29 bits per heavy atom. The third-order valence-electron chi connectivity index (χ3n) is 3.01. The van der Waals surface area contributed by atoms with Crippen molar-refractivity contribution in [2.75, 3.05) is 14.2 Å². The van der Waals surface area contributed by atoms with Gasteiger partial charge in [0.1, 0.15) is 11.6 Å². The lowest BCUT2D eigenvalue weighted by Gasteiger charge is -2.28. The topological polar surface area (TPSA) is 64.6 Å². The molecule has 0 aliphatic carbocycles. The second-order valence-corrected chi connectivity index (χ2v) is 4.51. The zero-order valence-electron chi connectivity index (χ0n) is 11.5. The van der Waals surface area contributed by atoms with Gasteiger partial charge in [-0.15, -0.1) is 0 Å². The summed E-state index contributed by atoms with van der Waals surface area (Å²) >= 11 is 0. The molecule has 0 aliphatic rings. The van der Waals surface area contributed by atoms with Crippen LogP contribution in [0.4, 0.5) is 0 Å². The first-order valence-corrected chi connectivity index (χ1v) is 5.76. The Balaban J connectivity index is 4.78. The molecular weight excluding hydrogens is 222 g/mol. The van der Waals surface area contributed by atoms with Gasteiger partial charge in [0.25, 0.3) is 5.91 Å². The molecule has 0 spiro atoms. The first kappa shape index (κ1) is 15.9. The van der Waals surface area contributed by atoms with Crippen LogP contribution in [0.25, 0.3) is 0 Å². The molecule has 0 aliphatic heterocycles. The zero-order valence-corrected chi connectivity index (χ0v) is 11.5. The molecule has 5 nitrogen and oxygen atoms in total. The average Bonchev–Trinajstić information content (AvgIpc) is 2.33. The molecule has 0 rings (SSSR count). The zero-order chi connectivity index (χ0) is 13.6. The predicted molar refractivity (Wildman–Crippen MR) is 64.5 cm³/mol. The normalized spacial score (nSPS) is 16.2. The van der Waals surface area contributed by atoms with Gasteiger partial charge < -0.3 is 14.8 Å². The van der Waals surface area contributed by atoms with Crippen molar-refractivity contribution in [1.82, 2.24) is 5.32 Å². The van der Waals surface area contributed by atoms with Crippen molar-refractivity contribution in [3.63, 3.8) is 0 Å². The number of hydrogen-bond donors (Lipinski definition) is 1. The fourth-order valence-corrected chi connectivity index (χ4v) is 1.32. The third kappa shape index (κ3) is 4.00. The van der Waals surface area contributed by atoms with E-state index in [2.05, 4.69) is 10.1 Å². The molecule has 100 valence electrons. The van der Waals surface area contributed by atoms with Crippen LogP contribution in [0.15, 0.2) is 0 Å². The van der Waals surface area contributed by atoms with Crippen LogP contribution >= 0.6 is 0 Å². The maximum atomic E-state index is 12.0. The van der Waals surface area contributed by atoms with Crippen molar-refractivity contribution in [2.45, 2.75) is 45.8 Å². The van der Waals surface area contributed by atoms with E-state index in [1.54, 1.807) is 6.92 Å². The summed E-state index contributed by atoms with van der Waals surface area (Å²) in [6.45, 7) is 7.23. The Morgan fingerprint density at radius 3 is 2.12 bits per heavy atom. The number of carbonyl (C=O) groups is 2. The lowest BCUT2D eigenvalue weighted by atomic mass is 9.99. The number of amides is 1. The predicted octanol–water partition coefficient (Wildman–Crippen LogP) is 1.12. The summed E-state index contributed by atoms with van der Waals surface area (Å²) in [5.41, 5.74) is -0.916. The summed E-state index contributed by atoms with van der Waals surface area (Å²) in [6, 6.07) is -0.645. The van der Waals surface area contributed by atoms with E-state index in [0.29, 0.717) is 6.42 Å². The van der Waals surface area contributed by atoms with Gasteiger partial charge in [-0.3, -0.25) is 4.79 Å². The highest BCUT2D eigenvalue weighted by atomic mass is 16.5. The van der Waals surface area contributed by atoms with Crippen molar-refractivity contribution in [3.8, 4) is 0 Å². The van der Waals surface area contributed by atoms with E-state index >= 15 is 0 Å². The molecule has 1 N–H and O–H groups in total. The molecule has 0 fully saturated rings. The van der Waals surface area contributed by atoms with Crippen LogP contribution in [0.3, 0.4) is 0 Å². The summed E-state index contributed by atoms with van der Waals surface area (Å²) < 4.78 is 9.84. The van der Waals surface area contributed by atoms with Crippen LogP contribution in [-0.2, 0) is 19.1 Å². The van der Waals surface area contributed by atoms with Crippen LogP contribution in [0.2, 0.25) is 0 Å². The quantitative estimate of drug-likeness (QED) is 0.712. The van der Waals surface area contributed by atoms with Crippen LogP contribution in [0, 0.1) is 5.92 Å². The van der Waals surface area contributed by atoms with E-state index in [1.165, 1.54) is 14.2 Å². The van der Waals surface area contributed by atoms with E-state index in [-0.39, 0.29) is 11.8 Å². The highest BCUT2D eigenvalue weighted by Gasteiger charge is 2.35. The summed E-state index contributed by atoms with van der Waals surface area (Å²) in [5.74, 6) is -0.779. The minimum Gasteiger partial charge on any atom is -0.467 e. The highest BCUT2D eigenvalue weighted by molar-refractivity contribution is 5.89. The molecule has 0 aromatic heterocycles. The first-order chi connectivity index (χ1) is 7.82. The Bertz CT molecular complexity index is 272. The van der Waals surface area contributed by atoms with E-state index < -0.39 is 17.6 Å². The molecule has 17 heavy (non-hydrogen) atoms. The fourth-order valence-electron chi connectivity index (χ4n) is 1.32. The molecule has 0 radical (unpaired) electrons. The maximum absolute atomic E-state index is 12.0. The van der Waals surface area contributed by atoms with E-state index in [4.69, 9.17) is 4.74 Å². The van der Waals surface area contributed by atoms with Gasteiger partial charge in [-0.25, -0.2) is 4.79 Å². The van der Waals surface area contributed by atoms with Gasteiger partial charge in [0.05, 0.1) is 7.11 Å². The van der Waals surface area contributed by atoms with Crippen LogP contribution in [0.1, 0.15) is 34.1 Å². The number of rotatable bonds is 6. The van der Waals surface area contributed by atoms with Crippen molar-refractivity contribution in [1.29, 1.82) is 0 Å². The standard InChI is InChI=1S/C12H23NO4/c1-7-12(4,17-6)11(15)13-9(8(2)3)10(14)16-5/h8-9H,7H2,1-6H3,(H,13,15). The Hall–Kier alpha value is -1.10. The van der Waals surface area contributed by atoms with Crippen molar-refractivity contribution in [2.24, 2.45) is 5.92 Å². The fraction of sp³-hybridized carbons (Fsp3) is 0.833. The molecule has 0 aromatic carbocycles. The molecule has 0 heterocycles. The Labute approximate surface area is 103 Å². The number of methoxy groups -OCH3 is 2. The molecule has 2 unspecified atom stereocenters. The molecular formula is C12H23NO4. The Morgan fingerprint density at radius 2 is 1.82 bits per heavy atom. The molecule has 0 saturated carbocycles. The average molecular weight is 245 g/mol. The summed E-state index contributed by atoms with van der Waals surface area (Å²) in [7, 11) is 2.78. The molecule has 0 bridgehead atoms. The van der Waals surface area contributed by atoms with Crippen LogP contribution in [0.5, 0.6) is 0 Å². The van der Waals surface area contributed by atoms with Crippen LogP contribution in [-0.4, -0.2) is 37.7 Å². The number of esters is 1. The van der Waals surface area contributed by atoms with E-state index in [0.717, 1.165) is 0 Å². The molecule has 2 atom stereocenters. The lowest BCUT2D eigenvalue weighted by molar-refractivity contribution is -0.151. The SMILES string of the molecule is CCC(C)(OC)C(=O)NC(C(=O)OC)C(C)C. The van der Waals surface area contributed by atoms with Gasteiger partial charge in [-0.05, 0) is 19.3 Å². The summed E-state index contributed by atoms with van der Waals surface area (Å²) in [6.07, 6.45) is 0.529. The maximum Gasteiger partial charge on any atom is 0.328 e. The molecule has 1 amide bonds. The number of nitrogens with one attached hydrogen (secondary N) is 1. The smallest absolute Gasteiger partial charge is 0.328 e. The molecule has 0 aromatic rings. The van der Waals surface area contributed by atoms with Gasteiger partial charge in [-0.2, -0.15) is 0 Å². The second kappa shape index (κ2) is 6.59. The van der Waals surface area contributed by atoms with Crippen molar-refractivity contribution in [3.05, 3.63) is 0 Å². The monoisotopic (exact) mass is 245 g/mol. The molecule has 0 saturated heterocycles. The largest absolute Gasteiger partial charge is 0.467 e. The second-order valence-electron chi connectivity index (χ2n) is 4.51. The van der Waals surface area contributed by atoms with Gasteiger partial charge >= 0.3 is 5.97 Å². The van der Waals surface area contributed by atoms with Crippen molar-refractivity contribution >= 4 is 11.9 Å².